The van der Waals surface area contributed by atoms with Crippen LogP contribution in [-0.2, 0) is 6.54 Å². The van der Waals surface area contributed by atoms with Crippen molar-refractivity contribution in [2.75, 3.05) is 12.4 Å². The Morgan fingerprint density at radius 3 is 2.72 bits per heavy atom. The molecule has 1 aromatic carbocycles. The third kappa shape index (κ3) is 4.43. The number of amides is 1. The van der Waals surface area contributed by atoms with Crippen molar-refractivity contribution in [2.24, 2.45) is 0 Å². The standard InChI is InChI=1S/C17H18N6OS/c1-12(15-7-8-18-11-19-15)23(2)10-13-3-5-14(6-4-13)17(24)21-16-9-20-22-25-16/h3-9,11-12H,10H2,1-2H3,(H,21,24). The fraction of sp³-hybridized carbons (Fsp3) is 0.235. The summed E-state index contributed by atoms with van der Waals surface area (Å²) >= 11 is 1.15. The molecule has 0 aliphatic carbocycles. The normalized spacial score (nSPS) is 12.1. The number of carbonyl (C=O) groups is 1. The van der Waals surface area contributed by atoms with Gasteiger partial charge in [-0.15, -0.1) is 5.10 Å². The Hall–Kier alpha value is -2.71. The first-order chi connectivity index (χ1) is 12.1. The maximum atomic E-state index is 12.2. The van der Waals surface area contributed by atoms with Gasteiger partial charge in [0.05, 0.1) is 11.9 Å². The van der Waals surface area contributed by atoms with E-state index < -0.39 is 0 Å². The first-order valence-corrected chi connectivity index (χ1v) is 8.54. The number of aromatic nitrogens is 4. The largest absolute Gasteiger partial charge is 0.311 e. The molecule has 3 aromatic rings. The van der Waals surface area contributed by atoms with Crippen LogP contribution in [-0.4, -0.2) is 37.4 Å². The fourth-order valence-corrected chi connectivity index (χ4v) is 2.78. The number of nitrogens with zero attached hydrogens (tertiary/aromatic N) is 5. The van der Waals surface area contributed by atoms with Gasteiger partial charge < -0.3 is 5.32 Å². The molecule has 1 unspecified atom stereocenters. The van der Waals surface area contributed by atoms with Gasteiger partial charge >= 0.3 is 0 Å². The van der Waals surface area contributed by atoms with Crippen LogP contribution in [0.1, 0.15) is 34.6 Å². The summed E-state index contributed by atoms with van der Waals surface area (Å²) in [5, 5.41) is 7.10. The zero-order chi connectivity index (χ0) is 17.6. The summed E-state index contributed by atoms with van der Waals surface area (Å²) < 4.78 is 3.72. The van der Waals surface area contributed by atoms with Crippen LogP contribution in [0.5, 0.6) is 0 Å². The molecular weight excluding hydrogens is 336 g/mol. The molecule has 0 aliphatic rings. The highest BCUT2D eigenvalue weighted by Gasteiger charge is 2.13. The van der Waals surface area contributed by atoms with E-state index in [0.29, 0.717) is 10.6 Å². The van der Waals surface area contributed by atoms with Gasteiger partial charge in [0.25, 0.3) is 5.91 Å². The van der Waals surface area contributed by atoms with E-state index in [9.17, 15) is 4.79 Å². The van der Waals surface area contributed by atoms with Crippen molar-refractivity contribution in [3.63, 3.8) is 0 Å². The molecule has 3 rings (SSSR count). The summed E-state index contributed by atoms with van der Waals surface area (Å²) in [6, 6.07) is 9.66. The lowest BCUT2D eigenvalue weighted by atomic mass is 10.1. The molecule has 7 nitrogen and oxygen atoms in total. The molecule has 0 radical (unpaired) electrons. The molecule has 128 valence electrons. The maximum Gasteiger partial charge on any atom is 0.256 e. The van der Waals surface area contributed by atoms with Crippen molar-refractivity contribution in [1.29, 1.82) is 0 Å². The molecule has 0 bridgehead atoms. The van der Waals surface area contributed by atoms with E-state index in [4.69, 9.17) is 0 Å². The summed E-state index contributed by atoms with van der Waals surface area (Å²) in [5.41, 5.74) is 2.70. The summed E-state index contributed by atoms with van der Waals surface area (Å²) in [6.45, 7) is 2.86. The summed E-state index contributed by atoms with van der Waals surface area (Å²) in [7, 11) is 2.05. The monoisotopic (exact) mass is 354 g/mol. The molecule has 1 amide bonds. The number of hydrogen-bond donors (Lipinski definition) is 1. The van der Waals surface area contributed by atoms with Gasteiger partial charge in [-0.1, -0.05) is 16.6 Å². The van der Waals surface area contributed by atoms with E-state index in [1.165, 1.54) is 6.20 Å². The molecule has 0 spiro atoms. The number of benzene rings is 1. The predicted molar refractivity (Wildman–Crippen MR) is 96.2 cm³/mol. The van der Waals surface area contributed by atoms with Crippen molar-refractivity contribution >= 4 is 22.4 Å². The third-order valence-electron chi connectivity index (χ3n) is 3.94. The van der Waals surface area contributed by atoms with Crippen molar-refractivity contribution in [3.8, 4) is 0 Å². The van der Waals surface area contributed by atoms with Gasteiger partial charge in [-0.05, 0) is 37.7 Å². The van der Waals surface area contributed by atoms with E-state index >= 15 is 0 Å². The summed E-state index contributed by atoms with van der Waals surface area (Å²) in [4.78, 5) is 22.6. The fourth-order valence-electron chi connectivity index (χ4n) is 2.37. The van der Waals surface area contributed by atoms with Crippen LogP contribution < -0.4 is 5.32 Å². The summed E-state index contributed by atoms with van der Waals surface area (Å²) in [6.07, 6.45) is 4.84. The minimum Gasteiger partial charge on any atom is -0.311 e. The molecule has 1 atom stereocenters. The van der Waals surface area contributed by atoms with Gasteiger partial charge in [0, 0.05) is 35.9 Å². The van der Waals surface area contributed by atoms with Crippen LogP contribution in [0, 0.1) is 0 Å². The van der Waals surface area contributed by atoms with Crippen molar-refractivity contribution in [2.45, 2.75) is 19.5 Å². The molecule has 8 heteroatoms. The Morgan fingerprint density at radius 2 is 2.08 bits per heavy atom. The zero-order valence-electron chi connectivity index (χ0n) is 14.0. The Bertz CT molecular complexity index is 807. The maximum absolute atomic E-state index is 12.2. The van der Waals surface area contributed by atoms with Gasteiger partial charge in [-0.2, -0.15) is 0 Å². The molecular formula is C17H18N6OS. The second-order valence-electron chi connectivity index (χ2n) is 5.66. The third-order valence-corrected chi connectivity index (χ3v) is 4.52. The SMILES string of the molecule is CC(c1ccncn1)N(C)Cc1ccc(C(=O)Nc2cnns2)cc1. The molecule has 1 N–H and O–H groups in total. The molecule has 2 aromatic heterocycles. The van der Waals surface area contributed by atoms with E-state index in [1.54, 1.807) is 12.5 Å². The second-order valence-corrected chi connectivity index (χ2v) is 6.44. The van der Waals surface area contributed by atoms with Gasteiger partial charge in [-0.3, -0.25) is 9.69 Å². The zero-order valence-corrected chi connectivity index (χ0v) is 14.8. The number of rotatable bonds is 6. The van der Waals surface area contributed by atoms with E-state index in [1.807, 2.05) is 37.4 Å². The summed E-state index contributed by atoms with van der Waals surface area (Å²) in [5.74, 6) is -0.166. The van der Waals surface area contributed by atoms with Crippen LogP contribution in [0.15, 0.2) is 49.1 Å². The minimum absolute atomic E-state index is 0.166. The van der Waals surface area contributed by atoms with Crippen molar-refractivity contribution < 1.29 is 4.79 Å². The first kappa shape index (κ1) is 17.1. The quantitative estimate of drug-likeness (QED) is 0.733. The highest BCUT2D eigenvalue weighted by atomic mass is 32.1. The van der Waals surface area contributed by atoms with Crippen LogP contribution in [0.3, 0.4) is 0 Å². The Balaban J connectivity index is 1.61. The van der Waals surface area contributed by atoms with E-state index in [2.05, 4.69) is 36.7 Å². The lowest BCUT2D eigenvalue weighted by Crippen LogP contribution is -2.22. The number of anilines is 1. The van der Waals surface area contributed by atoms with Gasteiger partial charge in [0.1, 0.15) is 11.3 Å². The highest BCUT2D eigenvalue weighted by Crippen LogP contribution is 2.19. The highest BCUT2D eigenvalue weighted by molar-refractivity contribution is 7.10. The van der Waals surface area contributed by atoms with Crippen LogP contribution in [0.25, 0.3) is 0 Å². The van der Waals surface area contributed by atoms with Crippen molar-refractivity contribution in [3.05, 3.63) is 65.9 Å². The molecule has 0 fully saturated rings. The predicted octanol–water partition coefficient (Wildman–Crippen LogP) is 2.77. The molecule has 25 heavy (non-hydrogen) atoms. The van der Waals surface area contributed by atoms with E-state index in [0.717, 1.165) is 29.3 Å². The lowest BCUT2D eigenvalue weighted by Gasteiger charge is -2.24. The average molecular weight is 354 g/mol. The topological polar surface area (TPSA) is 83.9 Å². The Kier molecular flexibility index (Phi) is 5.42. The minimum atomic E-state index is -0.166. The number of nitrogens with one attached hydrogen (secondary N) is 1. The Labute approximate surface area is 149 Å². The first-order valence-electron chi connectivity index (χ1n) is 7.77. The van der Waals surface area contributed by atoms with Gasteiger partial charge in [-0.25, -0.2) is 9.97 Å². The average Bonchev–Trinajstić information content (AvgIpc) is 3.15. The number of hydrogen-bond acceptors (Lipinski definition) is 7. The second kappa shape index (κ2) is 7.91. The molecule has 2 heterocycles. The van der Waals surface area contributed by atoms with Crippen LogP contribution >= 0.6 is 11.5 Å². The molecule has 0 saturated carbocycles. The van der Waals surface area contributed by atoms with Crippen LogP contribution in [0.2, 0.25) is 0 Å². The van der Waals surface area contributed by atoms with Crippen molar-refractivity contribution in [1.82, 2.24) is 24.5 Å². The smallest absolute Gasteiger partial charge is 0.256 e. The lowest BCUT2D eigenvalue weighted by molar-refractivity contribution is 0.102. The molecule has 0 saturated heterocycles. The van der Waals surface area contributed by atoms with Gasteiger partial charge in [0.15, 0.2) is 0 Å². The van der Waals surface area contributed by atoms with E-state index in [-0.39, 0.29) is 11.9 Å². The van der Waals surface area contributed by atoms with Gasteiger partial charge in [0.2, 0.25) is 0 Å². The Morgan fingerprint density at radius 1 is 1.28 bits per heavy atom. The van der Waals surface area contributed by atoms with Crippen LogP contribution in [0.4, 0.5) is 5.00 Å². The molecule has 0 aliphatic heterocycles. The number of carbonyl (C=O) groups excluding carboxylic acids is 1.